The average molecular weight is 489 g/mol. The molecular weight excluding hydrogens is 459 g/mol. The quantitative estimate of drug-likeness (QED) is 0.439. The van der Waals surface area contributed by atoms with Crippen LogP contribution in [0.15, 0.2) is 42.5 Å². The molecule has 8 heteroatoms. The van der Waals surface area contributed by atoms with Crippen LogP contribution < -0.4 is 5.32 Å². The van der Waals surface area contributed by atoms with E-state index in [0.29, 0.717) is 29.7 Å². The van der Waals surface area contributed by atoms with Gasteiger partial charge in [-0.15, -0.1) is 0 Å². The van der Waals surface area contributed by atoms with Crippen LogP contribution in [0.4, 0.5) is 10.7 Å². The number of anilines is 1. The first-order valence-corrected chi connectivity index (χ1v) is 12.1. The number of para-hydroxylation sites is 2. The largest absolute Gasteiger partial charge is 0.444 e. The standard InChI is InChI=1S/C25H30Cl2N4O2/c1-25(2,3)33-24(32)30-13-7-6-8-19(30)15-28-23-29-21-9-4-5-10-22(21)31(23)16-17-11-12-18(26)14-20(17)27/h4-5,9-12,14,19H,6-8,13,15-16H2,1-3H3,(H,28,29). The first kappa shape index (κ1) is 23.7. The molecule has 0 radical (unpaired) electrons. The summed E-state index contributed by atoms with van der Waals surface area (Å²) in [5.41, 5.74) is 2.36. The summed E-state index contributed by atoms with van der Waals surface area (Å²) in [7, 11) is 0. The van der Waals surface area contributed by atoms with Gasteiger partial charge in [0.2, 0.25) is 5.95 Å². The zero-order valence-corrected chi connectivity index (χ0v) is 20.8. The van der Waals surface area contributed by atoms with Crippen molar-refractivity contribution in [3.63, 3.8) is 0 Å². The fourth-order valence-corrected chi connectivity index (χ4v) is 4.64. The van der Waals surface area contributed by atoms with E-state index in [4.69, 9.17) is 32.9 Å². The lowest BCUT2D eigenvalue weighted by Gasteiger charge is -2.36. The van der Waals surface area contributed by atoms with Crippen LogP contribution in [0.3, 0.4) is 0 Å². The number of carbonyl (C=O) groups is 1. The lowest BCUT2D eigenvalue weighted by molar-refractivity contribution is 0.0114. The first-order chi connectivity index (χ1) is 15.7. The Labute approximate surface area is 204 Å². The molecule has 1 saturated heterocycles. The number of amides is 1. The van der Waals surface area contributed by atoms with Crippen molar-refractivity contribution in [2.24, 2.45) is 0 Å². The minimum absolute atomic E-state index is 0.0426. The van der Waals surface area contributed by atoms with Gasteiger partial charge in [-0.1, -0.05) is 41.4 Å². The van der Waals surface area contributed by atoms with Crippen LogP contribution in [0.5, 0.6) is 0 Å². The molecule has 0 saturated carbocycles. The van der Waals surface area contributed by atoms with Crippen molar-refractivity contribution in [2.75, 3.05) is 18.4 Å². The molecule has 1 aromatic heterocycles. The maximum Gasteiger partial charge on any atom is 0.410 e. The molecule has 1 aliphatic rings. The third-order valence-corrected chi connectivity index (χ3v) is 6.34. The van der Waals surface area contributed by atoms with Gasteiger partial charge in [0, 0.05) is 23.1 Å². The maximum atomic E-state index is 12.8. The Morgan fingerprint density at radius 2 is 1.97 bits per heavy atom. The molecule has 1 unspecified atom stereocenters. The van der Waals surface area contributed by atoms with E-state index in [2.05, 4.69) is 9.88 Å². The number of fused-ring (bicyclic) bond motifs is 1. The molecule has 176 valence electrons. The smallest absolute Gasteiger partial charge is 0.410 e. The predicted octanol–water partition coefficient (Wildman–Crippen LogP) is 6.59. The molecule has 3 aromatic rings. The van der Waals surface area contributed by atoms with E-state index in [1.807, 2.05) is 62.1 Å². The third kappa shape index (κ3) is 5.74. The van der Waals surface area contributed by atoms with Gasteiger partial charge in [0.05, 0.1) is 23.6 Å². The number of aromatic nitrogens is 2. The molecule has 1 amide bonds. The van der Waals surface area contributed by atoms with Crippen molar-refractivity contribution in [3.05, 3.63) is 58.1 Å². The minimum atomic E-state index is -0.516. The molecule has 6 nitrogen and oxygen atoms in total. The molecule has 2 aromatic carbocycles. The summed E-state index contributed by atoms with van der Waals surface area (Å²) >= 11 is 12.5. The summed E-state index contributed by atoms with van der Waals surface area (Å²) in [4.78, 5) is 19.4. The van der Waals surface area contributed by atoms with Crippen molar-refractivity contribution >= 4 is 46.3 Å². The number of piperidine rings is 1. The van der Waals surface area contributed by atoms with Gasteiger partial charge in [0.1, 0.15) is 5.60 Å². The molecule has 1 atom stereocenters. The molecule has 4 rings (SSSR count). The highest BCUT2D eigenvalue weighted by molar-refractivity contribution is 6.35. The first-order valence-electron chi connectivity index (χ1n) is 11.3. The zero-order chi connectivity index (χ0) is 23.6. The van der Waals surface area contributed by atoms with Crippen LogP contribution >= 0.6 is 23.2 Å². The summed E-state index contributed by atoms with van der Waals surface area (Å²) in [6.45, 7) is 7.54. The second-order valence-corrected chi connectivity index (χ2v) is 10.3. The molecule has 1 fully saturated rings. The fourth-order valence-electron chi connectivity index (χ4n) is 4.17. The Morgan fingerprint density at radius 1 is 1.18 bits per heavy atom. The number of halogens is 2. The van der Waals surface area contributed by atoms with Crippen LogP contribution in [-0.4, -0.2) is 45.3 Å². The number of hydrogen-bond donors (Lipinski definition) is 1. The van der Waals surface area contributed by atoms with Crippen molar-refractivity contribution < 1.29 is 9.53 Å². The van der Waals surface area contributed by atoms with E-state index < -0.39 is 5.60 Å². The van der Waals surface area contributed by atoms with E-state index in [0.717, 1.165) is 41.8 Å². The lowest BCUT2D eigenvalue weighted by atomic mass is 10.0. The second kappa shape index (κ2) is 9.82. The van der Waals surface area contributed by atoms with Gasteiger partial charge >= 0.3 is 6.09 Å². The molecule has 0 aliphatic carbocycles. The summed E-state index contributed by atoms with van der Waals surface area (Å²) in [6, 6.07) is 13.6. The van der Waals surface area contributed by atoms with Gasteiger partial charge in [0.15, 0.2) is 0 Å². The molecule has 1 N–H and O–H groups in total. The van der Waals surface area contributed by atoms with Crippen molar-refractivity contribution in [1.82, 2.24) is 14.5 Å². The maximum absolute atomic E-state index is 12.8. The Balaban J connectivity index is 1.56. The van der Waals surface area contributed by atoms with Crippen LogP contribution in [0.2, 0.25) is 10.0 Å². The van der Waals surface area contributed by atoms with Crippen LogP contribution in [0.25, 0.3) is 11.0 Å². The monoisotopic (exact) mass is 488 g/mol. The van der Waals surface area contributed by atoms with Gasteiger partial charge in [-0.05, 0) is 69.9 Å². The molecule has 0 spiro atoms. The average Bonchev–Trinajstić information content (AvgIpc) is 3.10. The van der Waals surface area contributed by atoms with Gasteiger partial charge in [-0.25, -0.2) is 9.78 Å². The van der Waals surface area contributed by atoms with Crippen molar-refractivity contribution in [3.8, 4) is 0 Å². The summed E-state index contributed by atoms with van der Waals surface area (Å²) in [5, 5.41) is 4.73. The summed E-state index contributed by atoms with van der Waals surface area (Å²) in [5.74, 6) is 0.747. The number of nitrogens with zero attached hydrogens (tertiary/aromatic N) is 3. The van der Waals surface area contributed by atoms with Crippen LogP contribution in [-0.2, 0) is 11.3 Å². The number of ether oxygens (including phenoxy) is 1. The number of nitrogens with one attached hydrogen (secondary N) is 1. The lowest BCUT2D eigenvalue weighted by Crippen LogP contribution is -2.49. The number of carbonyl (C=O) groups excluding carboxylic acids is 1. The highest BCUT2D eigenvalue weighted by atomic mass is 35.5. The summed E-state index contributed by atoms with van der Waals surface area (Å²) in [6.07, 6.45) is 2.75. The highest BCUT2D eigenvalue weighted by Crippen LogP contribution is 2.27. The number of rotatable bonds is 5. The van der Waals surface area contributed by atoms with Gasteiger partial charge in [-0.3, -0.25) is 0 Å². The second-order valence-electron chi connectivity index (χ2n) is 9.45. The molecular formula is C25H30Cl2N4O2. The molecule has 0 bridgehead atoms. The summed E-state index contributed by atoms with van der Waals surface area (Å²) < 4.78 is 7.76. The number of benzene rings is 2. The topological polar surface area (TPSA) is 59.4 Å². The SMILES string of the molecule is CC(C)(C)OC(=O)N1CCCCC1CNc1nc2ccccc2n1Cc1ccc(Cl)cc1Cl. The van der Waals surface area contributed by atoms with E-state index >= 15 is 0 Å². The van der Waals surface area contributed by atoms with Crippen LogP contribution in [0.1, 0.15) is 45.6 Å². The Kier molecular flexibility index (Phi) is 7.05. The number of hydrogen-bond acceptors (Lipinski definition) is 4. The van der Waals surface area contributed by atoms with Crippen molar-refractivity contribution in [1.29, 1.82) is 0 Å². The van der Waals surface area contributed by atoms with Gasteiger partial charge in [0.25, 0.3) is 0 Å². The molecule has 1 aliphatic heterocycles. The molecule has 33 heavy (non-hydrogen) atoms. The Morgan fingerprint density at radius 3 is 2.73 bits per heavy atom. The number of likely N-dealkylation sites (tertiary alicyclic amines) is 1. The predicted molar refractivity (Wildman–Crippen MR) is 134 cm³/mol. The van der Waals surface area contributed by atoms with Gasteiger partial charge in [-0.2, -0.15) is 0 Å². The Hall–Kier alpha value is -2.44. The van der Waals surface area contributed by atoms with Crippen LogP contribution in [0, 0.1) is 0 Å². The fraction of sp³-hybridized carbons (Fsp3) is 0.440. The van der Waals surface area contributed by atoms with Crippen molar-refractivity contribution in [2.45, 2.75) is 58.2 Å². The molecule has 2 heterocycles. The number of imidazole rings is 1. The van der Waals surface area contributed by atoms with E-state index in [-0.39, 0.29) is 12.1 Å². The third-order valence-electron chi connectivity index (χ3n) is 5.75. The van der Waals surface area contributed by atoms with E-state index in [1.165, 1.54) is 0 Å². The van der Waals surface area contributed by atoms with E-state index in [1.54, 1.807) is 6.07 Å². The van der Waals surface area contributed by atoms with Gasteiger partial charge < -0.3 is 19.5 Å². The minimum Gasteiger partial charge on any atom is -0.444 e. The Bertz CT molecular complexity index is 1140. The van der Waals surface area contributed by atoms with E-state index in [9.17, 15) is 4.79 Å². The highest BCUT2D eigenvalue weighted by Gasteiger charge is 2.30. The zero-order valence-electron chi connectivity index (χ0n) is 19.3. The normalized spacial score (nSPS) is 16.8.